The number of aliphatic hydroxyl groups excluding tert-OH is 1. The second-order valence-electron chi connectivity index (χ2n) is 9.24. The lowest BCUT2D eigenvalue weighted by atomic mass is 9.98. The summed E-state index contributed by atoms with van der Waals surface area (Å²) in [6.07, 6.45) is 2.49. The summed E-state index contributed by atoms with van der Waals surface area (Å²) in [5.41, 5.74) is 3.08. The molecule has 0 aromatic heterocycles. The molecule has 1 N–H and O–H groups in total. The van der Waals surface area contributed by atoms with Gasteiger partial charge in [0.15, 0.2) is 5.60 Å². The molecule has 38 heavy (non-hydrogen) atoms. The SMILES string of the molecule is Cc1ccc(C#Cc2ccc(OCCCC(=O)OCC3(CO)C/C(=C\c4ccccc4)C(=O)O3)cc2)cc1. The molecule has 4 rings (SSSR count). The van der Waals surface area contributed by atoms with Crippen molar-refractivity contribution in [2.45, 2.75) is 31.8 Å². The van der Waals surface area contributed by atoms with Gasteiger partial charge in [0, 0.05) is 29.5 Å². The quantitative estimate of drug-likeness (QED) is 0.192. The van der Waals surface area contributed by atoms with Gasteiger partial charge in [0.2, 0.25) is 0 Å². The third kappa shape index (κ3) is 7.58. The number of carbonyl (C=O) groups is 2. The average molecular weight is 511 g/mol. The van der Waals surface area contributed by atoms with Crippen molar-refractivity contribution >= 4 is 18.0 Å². The topological polar surface area (TPSA) is 82.1 Å². The first-order chi connectivity index (χ1) is 18.4. The van der Waals surface area contributed by atoms with E-state index in [1.54, 1.807) is 6.08 Å². The van der Waals surface area contributed by atoms with Crippen LogP contribution in [0.15, 0.2) is 84.4 Å². The lowest BCUT2D eigenvalue weighted by Crippen LogP contribution is -2.39. The third-order valence-electron chi connectivity index (χ3n) is 6.06. The van der Waals surface area contributed by atoms with Gasteiger partial charge in [0.05, 0.1) is 13.2 Å². The second kappa shape index (κ2) is 12.8. The van der Waals surface area contributed by atoms with Gasteiger partial charge in [-0.3, -0.25) is 4.79 Å². The molecular formula is C32H30O6. The summed E-state index contributed by atoms with van der Waals surface area (Å²) in [5, 5.41) is 9.87. The Kier molecular flexibility index (Phi) is 8.97. The largest absolute Gasteiger partial charge is 0.494 e. The summed E-state index contributed by atoms with van der Waals surface area (Å²) < 4.78 is 16.5. The van der Waals surface area contributed by atoms with E-state index in [9.17, 15) is 14.7 Å². The number of aliphatic hydroxyl groups is 1. The number of cyclic esters (lactones) is 1. The maximum atomic E-state index is 12.3. The number of esters is 2. The van der Waals surface area contributed by atoms with Gasteiger partial charge in [0.25, 0.3) is 0 Å². The second-order valence-corrected chi connectivity index (χ2v) is 9.24. The number of benzene rings is 3. The molecule has 0 saturated carbocycles. The maximum absolute atomic E-state index is 12.3. The summed E-state index contributed by atoms with van der Waals surface area (Å²) >= 11 is 0. The highest BCUT2D eigenvalue weighted by molar-refractivity contribution is 5.96. The van der Waals surface area contributed by atoms with Crippen molar-refractivity contribution < 1.29 is 28.9 Å². The predicted molar refractivity (Wildman–Crippen MR) is 144 cm³/mol. The Morgan fingerprint density at radius 1 is 1.00 bits per heavy atom. The van der Waals surface area contributed by atoms with Crippen LogP contribution in [0, 0.1) is 18.8 Å². The molecule has 1 aliphatic rings. The number of hydrogen-bond donors (Lipinski definition) is 1. The van der Waals surface area contributed by atoms with Crippen LogP contribution in [0.3, 0.4) is 0 Å². The van der Waals surface area contributed by atoms with Gasteiger partial charge in [0.1, 0.15) is 12.4 Å². The average Bonchev–Trinajstić information content (AvgIpc) is 3.26. The van der Waals surface area contributed by atoms with Gasteiger partial charge in [-0.1, -0.05) is 59.9 Å². The molecule has 1 heterocycles. The Balaban J connectivity index is 1.19. The van der Waals surface area contributed by atoms with Crippen molar-refractivity contribution in [3.05, 3.63) is 107 Å². The molecule has 6 heteroatoms. The highest BCUT2D eigenvalue weighted by Crippen LogP contribution is 2.32. The van der Waals surface area contributed by atoms with E-state index in [0.717, 1.165) is 16.7 Å². The fraction of sp³-hybridized carbons (Fsp3) is 0.250. The lowest BCUT2D eigenvalue weighted by Gasteiger charge is -2.24. The standard InChI is InChI=1S/C32H30O6/c1-24-9-11-25(12-10-24)13-14-26-15-17-29(18-16-26)36-19-5-8-30(34)37-23-32(22-33)21-28(31(35)38-32)20-27-6-3-2-4-7-27/h2-4,6-7,9-12,15-18,20,33H,5,8,19,21-23H2,1H3/b28-20+. The minimum Gasteiger partial charge on any atom is -0.494 e. The van der Waals surface area contributed by atoms with Gasteiger partial charge in [-0.2, -0.15) is 0 Å². The minimum absolute atomic E-state index is 0.141. The van der Waals surface area contributed by atoms with E-state index in [1.807, 2.05) is 85.8 Å². The van der Waals surface area contributed by atoms with Gasteiger partial charge < -0.3 is 19.3 Å². The summed E-state index contributed by atoms with van der Waals surface area (Å²) in [4.78, 5) is 24.6. The molecule has 0 radical (unpaired) electrons. The van der Waals surface area contributed by atoms with Crippen LogP contribution in [0.4, 0.5) is 0 Å². The first-order valence-corrected chi connectivity index (χ1v) is 12.5. The zero-order chi connectivity index (χ0) is 26.8. The Bertz CT molecular complexity index is 1330. The molecule has 1 unspecified atom stereocenters. The molecule has 1 atom stereocenters. The predicted octanol–water partition coefficient (Wildman–Crippen LogP) is 4.86. The van der Waals surface area contributed by atoms with E-state index in [2.05, 4.69) is 11.8 Å². The first-order valence-electron chi connectivity index (χ1n) is 12.5. The monoisotopic (exact) mass is 510 g/mol. The fourth-order valence-corrected chi connectivity index (χ4v) is 3.90. The molecule has 0 amide bonds. The van der Waals surface area contributed by atoms with Crippen LogP contribution in [-0.4, -0.2) is 42.5 Å². The Morgan fingerprint density at radius 2 is 1.66 bits per heavy atom. The number of aryl methyl sites for hydroxylation is 1. The summed E-state index contributed by atoms with van der Waals surface area (Å²) in [7, 11) is 0. The Labute approximate surface area is 222 Å². The molecule has 1 fully saturated rings. The third-order valence-corrected chi connectivity index (χ3v) is 6.06. The van der Waals surface area contributed by atoms with Gasteiger partial charge >= 0.3 is 11.9 Å². The lowest BCUT2D eigenvalue weighted by molar-refractivity contribution is -0.166. The molecule has 0 aliphatic carbocycles. The van der Waals surface area contributed by atoms with E-state index in [0.29, 0.717) is 24.4 Å². The van der Waals surface area contributed by atoms with Crippen LogP contribution in [-0.2, 0) is 19.1 Å². The van der Waals surface area contributed by atoms with Crippen molar-refractivity contribution in [1.29, 1.82) is 0 Å². The molecule has 1 saturated heterocycles. The van der Waals surface area contributed by atoms with E-state index in [1.165, 1.54) is 5.56 Å². The van der Waals surface area contributed by atoms with Gasteiger partial charge in [-0.25, -0.2) is 4.79 Å². The molecule has 6 nitrogen and oxygen atoms in total. The van der Waals surface area contributed by atoms with E-state index in [4.69, 9.17) is 14.2 Å². The Morgan fingerprint density at radius 3 is 2.32 bits per heavy atom. The maximum Gasteiger partial charge on any atom is 0.334 e. The minimum atomic E-state index is -1.26. The van der Waals surface area contributed by atoms with Crippen LogP contribution >= 0.6 is 0 Å². The highest BCUT2D eigenvalue weighted by atomic mass is 16.6. The van der Waals surface area contributed by atoms with Crippen LogP contribution < -0.4 is 4.74 Å². The fourth-order valence-electron chi connectivity index (χ4n) is 3.90. The normalized spacial score (nSPS) is 17.4. The van der Waals surface area contributed by atoms with Crippen LogP contribution in [0.2, 0.25) is 0 Å². The number of hydrogen-bond acceptors (Lipinski definition) is 6. The number of rotatable bonds is 9. The van der Waals surface area contributed by atoms with Crippen molar-refractivity contribution in [1.82, 2.24) is 0 Å². The van der Waals surface area contributed by atoms with Crippen LogP contribution in [0.25, 0.3) is 6.08 Å². The first kappa shape index (κ1) is 26.7. The molecule has 3 aromatic carbocycles. The van der Waals surface area contributed by atoms with Crippen molar-refractivity contribution in [2.75, 3.05) is 19.8 Å². The van der Waals surface area contributed by atoms with Crippen LogP contribution in [0.5, 0.6) is 5.75 Å². The van der Waals surface area contributed by atoms with Crippen LogP contribution in [0.1, 0.15) is 41.5 Å². The smallest absolute Gasteiger partial charge is 0.334 e. The summed E-state index contributed by atoms with van der Waals surface area (Å²) in [6.45, 7) is 1.74. The molecule has 194 valence electrons. The van der Waals surface area contributed by atoms with Gasteiger partial charge in [-0.15, -0.1) is 0 Å². The summed E-state index contributed by atoms with van der Waals surface area (Å²) in [5.74, 6) is 6.00. The molecule has 3 aromatic rings. The van der Waals surface area contributed by atoms with E-state index in [-0.39, 0.29) is 19.4 Å². The number of ether oxygens (including phenoxy) is 3. The molecular weight excluding hydrogens is 480 g/mol. The molecule has 0 spiro atoms. The van der Waals surface area contributed by atoms with Gasteiger partial charge in [-0.05, 0) is 61.4 Å². The van der Waals surface area contributed by atoms with E-state index < -0.39 is 24.1 Å². The highest BCUT2D eigenvalue weighted by Gasteiger charge is 2.44. The molecule has 0 bridgehead atoms. The van der Waals surface area contributed by atoms with Crippen molar-refractivity contribution in [2.24, 2.45) is 0 Å². The molecule has 1 aliphatic heterocycles. The summed E-state index contributed by atoms with van der Waals surface area (Å²) in [6, 6.07) is 24.9. The van der Waals surface area contributed by atoms with Crippen molar-refractivity contribution in [3.63, 3.8) is 0 Å². The Hall–Kier alpha value is -4.34. The zero-order valence-corrected chi connectivity index (χ0v) is 21.3. The van der Waals surface area contributed by atoms with Crippen molar-refractivity contribution in [3.8, 4) is 17.6 Å². The van der Waals surface area contributed by atoms with E-state index >= 15 is 0 Å². The number of carbonyl (C=O) groups excluding carboxylic acids is 2. The zero-order valence-electron chi connectivity index (χ0n) is 21.3.